The van der Waals surface area contributed by atoms with Crippen LogP contribution in [0.25, 0.3) is 0 Å². The van der Waals surface area contributed by atoms with Crippen molar-refractivity contribution in [2.24, 2.45) is 11.0 Å². The second-order valence-electron chi connectivity index (χ2n) is 7.34. The fourth-order valence-electron chi connectivity index (χ4n) is 3.08. The summed E-state index contributed by atoms with van der Waals surface area (Å²) in [5, 5.41) is 6.78. The summed E-state index contributed by atoms with van der Waals surface area (Å²) < 4.78 is 21.4. The number of fused-ring (bicyclic) bond motifs is 1. The van der Waals surface area contributed by atoms with E-state index in [0.717, 1.165) is 5.56 Å². The maximum Gasteiger partial charge on any atom is 0.262 e. The van der Waals surface area contributed by atoms with Crippen LogP contribution in [-0.2, 0) is 4.79 Å². The van der Waals surface area contributed by atoms with Crippen LogP contribution in [0, 0.1) is 5.92 Å². The van der Waals surface area contributed by atoms with E-state index < -0.39 is 17.9 Å². The number of amides is 2. The molecule has 0 aromatic heterocycles. The van der Waals surface area contributed by atoms with Crippen molar-refractivity contribution in [1.82, 2.24) is 10.7 Å². The van der Waals surface area contributed by atoms with Gasteiger partial charge in [-0.25, -0.2) is 5.43 Å². The molecule has 32 heavy (non-hydrogen) atoms. The number of rotatable bonds is 9. The third-order valence-corrected chi connectivity index (χ3v) is 4.75. The third-order valence-electron chi connectivity index (χ3n) is 4.75. The van der Waals surface area contributed by atoms with Crippen LogP contribution in [0.15, 0.2) is 41.5 Å². The van der Waals surface area contributed by atoms with E-state index >= 15 is 0 Å². The lowest BCUT2D eigenvalue weighted by Crippen LogP contribution is -2.48. The Kier molecular flexibility index (Phi) is 7.54. The fraction of sp³-hybridized carbons (Fsp3) is 0.348. The summed E-state index contributed by atoms with van der Waals surface area (Å²) in [6, 6.07) is 9.41. The third kappa shape index (κ3) is 5.48. The number of hydrazone groups is 1. The van der Waals surface area contributed by atoms with Crippen LogP contribution in [0.5, 0.6) is 23.0 Å². The Hall–Kier alpha value is -3.75. The summed E-state index contributed by atoms with van der Waals surface area (Å²) in [6.45, 7) is 6.17. The highest BCUT2D eigenvalue weighted by atomic mass is 16.7. The molecule has 170 valence electrons. The van der Waals surface area contributed by atoms with E-state index in [1.54, 1.807) is 43.5 Å². The zero-order chi connectivity index (χ0) is 23.1. The van der Waals surface area contributed by atoms with E-state index in [2.05, 4.69) is 15.8 Å². The second-order valence-corrected chi connectivity index (χ2v) is 7.34. The first-order chi connectivity index (χ1) is 15.4. The summed E-state index contributed by atoms with van der Waals surface area (Å²) in [5.41, 5.74) is 3.59. The Morgan fingerprint density at radius 2 is 1.91 bits per heavy atom. The number of hydrogen-bond acceptors (Lipinski definition) is 7. The van der Waals surface area contributed by atoms with Gasteiger partial charge in [-0.05, 0) is 54.8 Å². The molecule has 1 atom stereocenters. The lowest BCUT2D eigenvalue weighted by molar-refractivity contribution is -0.123. The van der Waals surface area contributed by atoms with Crippen LogP contribution in [0.4, 0.5) is 0 Å². The van der Waals surface area contributed by atoms with Crippen molar-refractivity contribution in [3.05, 3.63) is 47.5 Å². The van der Waals surface area contributed by atoms with E-state index in [0.29, 0.717) is 35.2 Å². The highest BCUT2D eigenvalue weighted by molar-refractivity contribution is 5.98. The smallest absolute Gasteiger partial charge is 0.262 e. The van der Waals surface area contributed by atoms with Gasteiger partial charge in [-0.1, -0.05) is 13.8 Å². The molecule has 0 fully saturated rings. The molecule has 2 N–H and O–H groups in total. The lowest BCUT2D eigenvalue weighted by atomic mass is 10.0. The van der Waals surface area contributed by atoms with Crippen molar-refractivity contribution < 1.29 is 28.5 Å². The van der Waals surface area contributed by atoms with Crippen LogP contribution in [0.3, 0.4) is 0 Å². The van der Waals surface area contributed by atoms with Gasteiger partial charge in [-0.15, -0.1) is 0 Å². The van der Waals surface area contributed by atoms with Gasteiger partial charge in [0.2, 0.25) is 6.79 Å². The molecule has 2 amide bonds. The predicted molar refractivity (Wildman–Crippen MR) is 119 cm³/mol. The van der Waals surface area contributed by atoms with Crippen LogP contribution in [-0.4, -0.2) is 44.6 Å². The molecule has 9 nitrogen and oxygen atoms in total. The van der Waals surface area contributed by atoms with Crippen LogP contribution in [0.2, 0.25) is 0 Å². The molecule has 3 rings (SSSR count). The van der Waals surface area contributed by atoms with Crippen molar-refractivity contribution in [3.63, 3.8) is 0 Å². The summed E-state index contributed by atoms with van der Waals surface area (Å²) in [6.07, 6.45) is 1.50. The fourth-order valence-corrected chi connectivity index (χ4v) is 3.08. The van der Waals surface area contributed by atoms with Crippen molar-refractivity contribution in [2.45, 2.75) is 26.8 Å². The average molecular weight is 441 g/mol. The molecule has 0 spiro atoms. The van der Waals surface area contributed by atoms with Gasteiger partial charge in [0.1, 0.15) is 6.04 Å². The Morgan fingerprint density at radius 1 is 1.12 bits per heavy atom. The maximum atomic E-state index is 12.7. The molecule has 1 unspecified atom stereocenters. The predicted octanol–water partition coefficient (Wildman–Crippen LogP) is 2.73. The van der Waals surface area contributed by atoms with Gasteiger partial charge in [0, 0.05) is 5.56 Å². The van der Waals surface area contributed by atoms with Crippen molar-refractivity contribution in [3.8, 4) is 23.0 Å². The summed E-state index contributed by atoms with van der Waals surface area (Å²) in [5.74, 6) is 1.30. The first-order valence-electron chi connectivity index (χ1n) is 10.3. The highest BCUT2D eigenvalue weighted by Gasteiger charge is 2.25. The van der Waals surface area contributed by atoms with E-state index in [4.69, 9.17) is 18.9 Å². The topological polar surface area (TPSA) is 107 Å². The molecule has 1 heterocycles. The second kappa shape index (κ2) is 10.5. The number of nitrogens with zero attached hydrogens (tertiary/aromatic N) is 1. The van der Waals surface area contributed by atoms with Gasteiger partial charge < -0.3 is 24.3 Å². The van der Waals surface area contributed by atoms with Crippen LogP contribution < -0.4 is 29.7 Å². The van der Waals surface area contributed by atoms with Gasteiger partial charge in [-0.2, -0.15) is 5.10 Å². The number of methoxy groups -OCH3 is 1. The van der Waals surface area contributed by atoms with Gasteiger partial charge >= 0.3 is 0 Å². The monoisotopic (exact) mass is 441 g/mol. The van der Waals surface area contributed by atoms with Crippen molar-refractivity contribution in [1.29, 1.82) is 0 Å². The standard InChI is InChI=1S/C23H27N3O6/c1-5-30-19-10-15(6-8-17(19)29-4)12-24-26-23(28)21(14(2)3)25-22(27)16-7-9-18-20(11-16)32-13-31-18/h6-12,14,21H,5,13H2,1-4H3,(H,25,27)(H,26,28)/b24-12+. The van der Waals surface area contributed by atoms with E-state index in [-0.39, 0.29) is 12.7 Å². The molecule has 9 heteroatoms. The van der Waals surface area contributed by atoms with Gasteiger partial charge in [-0.3, -0.25) is 9.59 Å². The lowest BCUT2D eigenvalue weighted by Gasteiger charge is -2.20. The number of hydrogen-bond donors (Lipinski definition) is 2. The molecule has 2 aromatic carbocycles. The van der Waals surface area contributed by atoms with Gasteiger partial charge in [0.25, 0.3) is 11.8 Å². The molecule has 0 aliphatic carbocycles. The number of benzene rings is 2. The number of nitrogens with one attached hydrogen (secondary N) is 2. The molecule has 0 bridgehead atoms. The SMILES string of the molecule is CCOc1cc(/C=N/NC(=O)C(NC(=O)c2ccc3c(c2)OCO3)C(C)C)ccc1OC. The number of carbonyl (C=O) groups is 2. The Morgan fingerprint density at radius 3 is 2.62 bits per heavy atom. The Balaban J connectivity index is 1.64. The van der Waals surface area contributed by atoms with Gasteiger partial charge in [0.15, 0.2) is 23.0 Å². The molecular weight excluding hydrogens is 414 g/mol. The summed E-state index contributed by atoms with van der Waals surface area (Å²) >= 11 is 0. The zero-order valence-corrected chi connectivity index (χ0v) is 18.5. The van der Waals surface area contributed by atoms with E-state index in [1.165, 1.54) is 6.21 Å². The van der Waals surface area contributed by atoms with Crippen molar-refractivity contribution in [2.75, 3.05) is 20.5 Å². The minimum absolute atomic E-state index is 0.121. The molecule has 0 radical (unpaired) electrons. The average Bonchev–Trinajstić information content (AvgIpc) is 3.25. The van der Waals surface area contributed by atoms with Crippen LogP contribution >= 0.6 is 0 Å². The Bertz CT molecular complexity index is 1010. The molecular formula is C23H27N3O6. The van der Waals surface area contributed by atoms with Crippen molar-refractivity contribution >= 4 is 18.0 Å². The number of carbonyl (C=O) groups excluding carboxylic acids is 2. The minimum Gasteiger partial charge on any atom is -0.493 e. The number of ether oxygens (including phenoxy) is 4. The van der Waals surface area contributed by atoms with Gasteiger partial charge in [0.05, 0.1) is 19.9 Å². The molecule has 1 aliphatic heterocycles. The maximum absolute atomic E-state index is 12.7. The quantitative estimate of drug-likeness (QED) is 0.458. The van der Waals surface area contributed by atoms with Crippen LogP contribution in [0.1, 0.15) is 36.7 Å². The highest BCUT2D eigenvalue weighted by Crippen LogP contribution is 2.32. The largest absolute Gasteiger partial charge is 0.493 e. The minimum atomic E-state index is -0.778. The normalized spacial score (nSPS) is 13.2. The molecule has 1 aliphatic rings. The first kappa shape index (κ1) is 22.9. The molecule has 2 aromatic rings. The zero-order valence-electron chi connectivity index (χ0n) is 18.5. The van der Waals surface area contributed by atoms with E-state index in [9.17, 15) is 9.59 Å². The molecule has 0 saturated carbocycles. The molecule has 0 saturated heterocycles. The first-order valence-corrected chi connectivity index (χ1v) is 10.3. The van der Waals surface area contributed by atoms with E-state index in [1.807, 2.05) is 20.8 Å². The summed E-state index contributed by atoms with van der Waals surface area (Å²) in [4.78, 5) is 25.3. The Labute approximate surface area is 186 Å². The summed E-state index contributed by atoms with van der Waals surface area (Å²) in [7, 11) is 1.57.